The highest BCUT2D eigenvalue weighted by Crippen LogP contribution is 2.52. The van der Waals surface area contributed by atoms with Crippen molar-refractivity contribution >= 4 is 29.3 Å². The summed E-state index contributed by atoms with van der Waals surface area (Å²) in [5, 5.41) is 30.3. The molecule has 0 radical (unpaired) electrons. The molecule has 4 rings (SSSR count). The molecule has 1 amide bonds. The number of β-lactam (4-membered cyclic amide) rings is 1. The van der Waals surface area contributed by atoms with Crippen molar-refractivity contribution < 1.29 is 34.2 Å². The van der Waals surface area contributed by atoms with Crippen molar-refractivity contribution in [3.8, 4) is 0 Å². The van der Waals surface area contributed by atoms with Crippen LogP contribution in [0.5, 0.6) is 0 Å². The summed E-state index contributed by atoms with van der Waals surface area (Å²) in [6, 6.07) is 5.37. The van der Waals surface area contributed by atoms with Gasteiger partial charge in [0.15, 0.2) is 0 Å². The first-order valence-electron chi connectivity index (χ1n) is 10.8. The number of carbonyl (C=O) groups is 2. The molecular weight excluding hydrogens is 452 g/mol. The first-order valence-corrected chi connectivity index (χ1v) is 11.7. The van der Waals surface area contributed by atoms with Crippen LogP contribution in [0.2, 0.25) is 0 Å². The van der Waals surface area contributed by atoms with Crippen LogP contribution >= 0.6 is 11.8 Å². The van der Waals surface area contributed by atoms with Gasteiger partial charge in [-0.15, -0.1) is 11.8 Å². The number of nitro benzene ring substituents is 1. The molecule has 1 aromatic carbocycles. The lowest BCUT2D eigenvalue weighted by molar-refractivity contribution is -0.384. The Morgan fingerprint density at radius 3 is 2.67 bits per heavy atom. The van der Waals surface area contributed by atoms with Gasteiger partial charge in [-0.3, -0.25) is 14.9 Å². The molecule has 2 fully saturated rings. The fourth-order valence-electron chi connectivity index (χ4n) is 4.66. The van der Waals surface area contributed by atoms with Gasteiger partial charge in [0.05, 0.1) is 42.3 Å². The van der Waals surface area contributed by atoms with Crippen LogP contribution in [0.15, 0.2) is 34.9 Å². The van der Waals surface area contributed by atoms with Gasteiger partial charge < -0.3 is 24.6 Å². The molecule has 2 N–H and O–H groups in total. The van der Waals surface area contributed by atoms with Gasteiger partial charge in [-0.1, -0.05) is 6.92 Å². The normalized spacial score (nSPS) is 29.6. The Morgan fingerprint density at radius 1 is 1.39 bits per heavy atom. The zero-order valence-corrected chi connectivity index (χ0v) is 19.1. The summed E-state index contributed by atoms with van der Waals surface area (Å²) in [7, 11) is 0. The van der Waals surface area contributed by atoms with Crippen LogP contribution < -0.4 is 0 Å². The van der Waals surface area contributed by atoms with Crippen molar-refractivity contribution in [1.29, 1.82) is 0 Å². The standard InChI is InChI=1S/C22H26N2O8S/c1-11-18-17(12(2)26)21(27)23(18)19(20(11)33-16-7-15(8-25)31-10-16)22(28)32-9-13-3-5-14(6-4-13)24(29)30/h3-6,11-12,15-18,25-26H,7-10H2,1-2H3. The van der Waals surface area contributed by atoms with Gasteiger partial charge in [0.2, 0.25) is 5.91 Å². The molecule has 11 heteroatoms. The van der Waals surface area contributed by atoms with Crippen LogP contribution in [0, 0.1) is 22.0 Å². The molecule has 0 spiro atoms. The van der Waals surface area contributed by atoms with E-state index >= 15 is 0 Å². The molecule has 33 heavy (non-hydrogen) atoms. The molecular formula is C22H26N2O8S. The second-order valence-electron chi connectivity index (χ2n) is 8.58. The zero-order valence-electron chi connectivity index (χ0n) is 18.2. The number of aliphatic hydroxyl groups excluding tert-OH is 2. The van der Waals surface area contributed by atoms with Gasteiger partial charge in [0.25, 0.3) is 5.69 Å². The number of esters is 1. The number of carbonyl (C=O) groups excluding carboxylic acids is 2. The summed E-state index contributed by atoms with van der Waals surface area (Å²) in [6.07, 6.45) is -0.459. The van der Waals surface area contributed by atoms with Crippen molar-refractivity contribution in [2.24, 2.45) is 11.8 Å². The Kier molecular flexibility index (Phi) is 6.76. The molecule has 10 nitrogen and oxygen atoms in total. The number of nitro groups is 1. The lowest BCUT2D eigenvalue weighted by atomic mass is 9.79. The quantitative estimate of drug-likeness (QED) is 0.247. The van der Waals surface area contributed by atoms with Crippen LogP contribution in [-0.2, 0) is 25.7 Å². The largest absolute Gasteiger partial charge is 0.456 e. The van der Waals surface area contributed by atoms with Gasteiger partial charge in [0.1, 0.15) is 12.3 Å². The third-order valence-electron chi connectivity index (χ3n) is 6.36. The highest BCUT2D eigenvalue weighted by molar-refractivity contribution is 8.03. The summed E-state index contributed by atoms with van der Waals surface area (Å²) in [5.74, 6) is -1.71. The van der Waals surface area contributed by atoms with Crippen molar-refractivity contribution in [1.82, 2.24) is 4.90 Å². The second-order valence-corrected chi connectivity index (χ2v) is 9.92. The van der Waals surface area contributed by atoms with Crippen LogP contribution in [0.4, 0.5) is 5.69 Å². The highest BCUT2D eigenvalue weighted by atomic mass is 32.2. The van der Waals surface area contributed by atoms with E-state index in [1.165, 1.54) is 40.9 Å². The lowest BCUT2D eigenvalue weighted by Gasteiger charge is -2.46. The molecule has 2 saturated heterocycles. The minimum atomic E-state index is -0.837. The highest BCUT2D eigenvalue weighted by Gasteiger charge is 2.60. The van der Waals surface area contributed by atoms with Crippen LogP contribution in [0.25, 0.3) is 0 Å². The van der Waals surface area contributed by atoms with E-state index in [-0.39, 0.29) is 53.8 Å². The van der Waals surface area contributed by atoms with E-state index in [9.17, 15) is 29.9 Å². The predicted octanol–water partition coefficient (Wildman–Crippen LogP) is 1.59. The fraction of sp³-hybridized carbons (Fsp3) is 0.545. The average Bonchev–Trinajstić information content (AvgIpc) is 3.33. The van der Waals surface area contributed by atoms with Crippen molar-refractivity contribution in [3.63, 3.8) is 0 Å². The number of hydrogen-bond donors (Lipinski definition) is 2. The SMILES string of the molecule is CC(O)C1C(=O)N2C(C(=O)OCc3ccc([N+](=O)[O-])cc3)=C(SC3COC(CO)C3)C(C)C12. The summed E-state index contributed by atoms with van der Waals surface area (Å²) in [6.45, 7) is 3.75. The van der Waals surface area contributed by atoms with Crippen molar-refractivity contribution in [2.45, 2.75) is 50.4 Å². The molecule has 178 valence electrons. The third-order valence-corrected chi connectivity index (χ3v) is 7.84. The van der Waals surface area contributed by atoms with Gasteiger partial charge in [0, 0.05) is 28.2 Å². The molecule has 0 aliphatic carbocycles. The molecule has 0 saturated carbocycles. The maximum atomic E-state index is 13.1. The first kappa shape index (κ1) is 23.7. The van der Waals surface area contributed by atoms with E-state index < -0.39 is 22.9 Å². The monoisotopic (exact) mass is 478 g/mol. The van der Waals surface area contributed by atoms with Crippen LogP contribution in [-0.4, -0.2) is 68.6 Å². The van der Waals surface area contributed by atoms with E-state index in [0.29, 0.717) is 18.6 Å². The second kappa shape index (κ2) is 9.41. The van der Waals surface area contributed by atoms with Crippen molar-refractivity contribution in [2.75, 3.05) is 13.2 Å². The topological polar surface area (TPSA) is 139 Å². The maximum absolute atomic E-state index is 13.1. The lowest BCUT2D eigenvalue weighted by Crippen LogP contribution is -2.63. The number of thioether (sulfide) groups is 1. The van der Waals surface area contributed by atoms with Gasteiger partial charge in [-0.25, -0.2) is 4.79 Å². The van der Waals surface area contributed by atoms with Gasteiger partial charge >= 0.3 is 5.97 Å². The summed E-state index contributed by atoms with van der Waals surface area (Å²) in [5.41, 5.74) is 0.709. The molecule has 3 aliphatic rings. The Hall–Kier alpha value is -2.47. The number of fused-ring (bicyclic) bond motifs is 1. The number of non-ortho nitro benzene ring substituents is 1. The zero-order chi connectivity index (χ0) is 23.9. The molecule has 1 aromatic rings. The smallest absolute Gasteiger partial charge is 0.356 e. The number of benzene rings is 1. The number of hydrogen-bond acceptors (Lipinski definition) is 9. The summed E-state index contributed by atoms with van der Waals surface area (Å²) >= 11 is 1.46. The Labute approximate surface area is 194 Å². The van der Waals surface area contributed by atoms with E-state index in [2.05, 4.69) is 0 Å². The minimum Gasteiger partial charge on any atom is -0.456 e. The Bertz CT molecular complexity index is 979. The number of aliphatic hydroxyl groups is 2. The number of nitrogens with zero attached hydrogens (tertiary/aromatic N) is 2. The molecule has 3 heterocycles. The molecule has 0 aromatic heterocycles. The number of rotatable bonds is 8. The van der Waals surface area contributed by atoms with E-state index in [1.54, 1.807) is 6.92 Å². The minimum absolute atomic E-state index is 0.0240. The molecule has 0 bridgehead atoms. The third kappa shape index (κ3) is 4.37. The first-order chi connectivity index (χ1) is 15.7. The summed E-state index contributed by atoms with van der Waals surface area (Å²) < 4.78 is 11.0. The van der Waals surface area contributed by atoms with Crippen LogP contribution in [0.1, 0.15) is 25.8 Å². The predicted molar refractivity (Wildman–Crippen MR) is 118 cm³/mol. The van der Waals surface area contributed by atoms with Crippen molar-refractivity contribution in [3.05, 3.63) is 50.5 Å². The van der Waals surface area contributed by atoms with Gasteiger partial charge in [-0.2, -0.15) is 0 Å². The van der Waals surface area contributed by atoms with E-state index in [4.69, 9.17) is 9.47 Å². The van der Waals surface area contributed by atoms with E-state index in [0.717, 1.165) is 4.91 Å². The number of ether oxygens (including phenoxy) is 2. The number of amides is 1. The Morgan fingerprint density at radius 2 is 2.09 bits per heavy atom. The average molecular weight is 479 g/mol. The van der Waals surface area contributed by atoms with E-state index in [1.807, 2.05) is 6.92 Å². The molecule has 6 unspecified atom stereocenters. The summed E-state index contributed by atoms with van der Waals surface area (Å²) in [4.78, 5) is 38.4. The molecule has 3 aliphatic heterocycles. The fourth-order valence-corrected chi connectivity index (χ4v) is 6.13. The van der Waals surface area contributed by atoms with Gasteiger partial charge in [-0.05, 0) is 31.0 Å². The molecule has 6 atom stereocenters. The maximum Gasteiger partial charge on any atom is 0.356 e. The van der Waals surface area contributed by atoms with Crippen LogP contribution in [0.3, 0.4) is 0 Å². The Balaban J connectivity index is 1.54.